The molecule has 0 amide bonds. The highest BCUT2D eigenvalue weighted by Gasteiger charge is 2.01. The van der Waals surface area contributed by atoms with Crippen LogP contribution in [0.4, 0.5) is 0 Å². The Kier molecular flexibility index (Phi) is 2.36. The van der Waals surface area contributed by atoms with Crippen molar-refractivity contribution in [1.29, 1.82) is 0 Å². The van der Waals surface area contributed by atoms with E-state index in [0.717, 1.165) is 16.7 Å². The monoisotopic (exact) mass is 181 g/mol. The van der Waals surface area contributed by atoms with Crippen LogP contribution >= 0.6 is 0 Å². The number of rotatable bonds is 2. The fourth-order valence-electron chi connectivity index (χ4n) is 1.19. The summed E-state index contributed by atoms with van der Waals surface area (Å²) in [5.41, 5.74) is 2.79. The van der Waals surface area contributed by atoms with Crippen molar-refractivity contribution in [1.82, 2.24) is 9.97 Å². The molecular weight excluding hydrogens is 172 g/mol. The van der Waals surface area contributed by atoms with Crippen molar-refractivity contribution in [2.45, 2.75) is 0 Å². The molecule has 2 aromatic rings. The number of hydrogen-bond donors (Lipinski definition) is 0. The van der Waals surface area contributed by atoms with Crippen molar-refractivity contribution in [2.24, 2.45) is 0 Å². The van der Waals surface area contributed by atoms with Crippen LogP contribution in [0.2, 0.25) is 0 Å². The first kappa shape index (κ1) is 8.63. The Labute approximate surface area is 83.0 Å². The van der Waals surface area contributed by atoms with Crippen molar-refractivity contribution in [2.75, 3.05) is 0 Å². The van der Waals surface area contributed by atoms with E-state index in [0.29, 0.717) is 0 Å². The van der Waals surface area contributed by atoms with Crippen LogP contribution in [0.3, 0.4) is 0 Å². The summed E-state index contributed by atoms with van der Waals surface area (Å²) in [4.78, 5) is 7.96. The Balaban J connectivity index is 2.35. The minimum atomic E-state index is 0.895. The summed E-state index contributed by atoms with van der Waals surface area (Å²) >= 11 is 0. The Hall–Kier alpha value is -1.96. The fourth-order valence-corrected chi connectivity index (χ4v) is 1.19. The summed E-state index contributed by atoms with van der Waals surface area (Å²) in [5, 5.41) is 0. The molecule has 67 valence electrons. The second-order valence-corrected chi connectivity index (χ2v) is 2.88. The molecule has 2 heteroatoms. The molecule has 0 aromatic carbocycles. The van der Waals surface area contributed by atoms with Gasteiger partial charge in [0.15, 0.2) is 0 Å². The van der Waals surface area contributed by atoms with Crippen LogP contribution in [-0.2, 0) is 0 Å². The third-order valence-electron chi connectivity index (χ3n) is 1.94. The normalized spacial score (nSPS) is 9.71. The molecule has 0 spiro atoms. The van der Waals surface area contributed by atoms with Crippen LogP contribution in [0.5, 0.6) is 0 Å². The molecule has 0 unspecified atom stereocenters. The summed E-state index contributed by atoms with van der Waals surface area (Å²) in [6.45, 7) is 3.98. The molecule has 2 heterocycles. The highest BCUT2D eigenvalue weighted by Crippen LogP contribution is 2.18. The molecule has 0 saturated carbocycles. The molecular formula is C12H9N2. The van der Waals surface area contributed by atoms with Gasteiger partial charge in [-0.2, -0.15) is 0 Å². The predicted molar refractivity (Wildman–Crippen MR) is 55.4 cm³/mol. The molecule has 2 nitrogen and oxygen atoms in total. The van der Waals surface area contributed by atoms with Gasteiger partial charge in [-0.05, 0) is 17.7 Å². The zero-order valence-electron chi connectivity index (χ0n) is 7.64. The van der Waals surface area contributed by atoms with Gasteiger partial charge < -0.3 is 0 Å². The molecule has 0 atom stereocenters. The van der Waals surface area contributed by atoms with E-state index in [4.69, 9.17) is 0 Å². The summed E-state index contributed by atoms with van der Waals surface area (Å²) < 4.78 is 0. The van der Waals surface area contributed by atoms with Crippen LogP contribution in [0.25, 0.3) is 5.57 Å². The molecule has 2 aromatic heterocycles. The van der Waals surface area contributed by atoms with Crippen LogP contribution < -0.4 is 0 Å². The van der Waals surface area contributed by atoms with Gasteiger partial charge in [-0.25, -0.2) is 0 Å². The summed E-state index contributed by atoms with van der Waals surface area (Å²) in [6.07, 6.45) is 8.10. The Morgan fingerprint density at radius 1 is 1.21 bits per heavy atom. The Morgan fingerprint density at radius 2 is 2.07 bits per heavy atom. The molecule has 14 heavy (non-hydrogen) atoms. The number of pyridine rings is 2. The molecule has 0 bridgehead atoms. The average Bonchev–Trinajstić information content (AvgIpc) is 2.30. The molecule has 0 aliphatic rings. The number of nitrogens with zero attached hydrogens (tertiary/aromatic N) is 2. The first-order chi connectivity index (χ1) is 6.88. The van der Waals surface area contributed by atoms with E-state index < -0.39 is 0 Å². The van der Waals surface area contributed by atoms with Crippen LogP contribution in [0, 0.1) is 6.20 Å². The first-order valence-corrected chi connectivity index (χ1v) is 4.30. The zero-order valence-corrected chi connectivity index (χ0v) is 7.64. The number of hydrogen-bond acceptors (Lipinski definition) is 2. The summed E-state index contributed by atoms with van der Waals surface area (Å²) in [6, 6.07) is 7.66. The van der Waals surface area contributed by atoms with Crippen molar-refractivity contribution < 1.29 is 0 Å². The van der Waals surface area contributed by atoms with E-state index in [-0.39, 0.29) is 0 Å². The SMILES string of the molecule is C=C(c1[c]nccc1)c1cccnc1. The highest BCUT2D eigenvalue weighted by molar-refractivity contribution is 5.76. The topological polar surface area (TPSA) is 25.8 Å². The standard InChI is InChI=1S/C12H9N2/c1-10(11-4-2-6-13-8-11)12-5-3-7-14-9-12/h2-8H,1H2. The Morgan fingerprint density at radius 3 is 2.71 bits per heavy atom. The molecule has 0 aliphatic carbocycles. The molecule has 0 N–H and O–H groups in total. The molecule has 0 saturated heterocycles. The van der Waals surface area contributed by atoms with Crippen LogP contribution in [-0.4, -0.2) is 9.97 Å². The maximum Gasteiger partial charge on any atom is 0.0970 e. The molecule has 0 fully saturated rings. The van der Waals surface area contributed by atoms with Gasteiger partial charge in [0.05, 0.1) is 6.20 Å². The summed E-state index contributed by atoms with van der Waals surface area (Å²) in [7, 11) is 0. The second-order valence-electron chi connectivity index (χ2n) is 2.88. The van der Waals surface area contributed by atoms with Crippen molar-refractivity contribution in [3.8, 4) is 0 Å². The van der Waals surface area contributed by atoms with Crippen LogP contribution in [0.15, 0.2) is 49.4 Å². The van der Waals surface area contributed by atoms with Gasteiger partial charge >= 0.3 is 0 Å². The minimum absolute atomic E-state index is 0.895. The largest absolute Gasteiger partial charge is 0.264 e. The quantitative estimate of drug-likeness (QED) is 0.710. The van der Waals surface area contributed by atoms with Gasteiger partial charge in [0.2, 0.25) is 0 Å². The second kappa shape index (κ2) is 3.83. The number of aromatic nitrogens is 2. The van der Waals surface area contributed by atoms with Gasteiger partial charge in [0.1, 0.15) is 0 Å². The molecule has 2 rings (SSSR count). The lowest BCUT2D eigenvalue weighted by atomic mass is 10.0. The lowest BCUT2D eigenvalue weighted by Crippen LogP contribution is -1.87. The maximum atomic E-state index is 4.04. The van der Waals surface area contributed by atoms with Gasteiger partial charge in [-0.1, -0.05) is 18.7 Å². The van der Waals surface area contributed by atoms with Gasteiger partial charge in [0.25, 0.3) is 0 Å². The average molecular weight is 181 g/mol. The molecule has 0 aliphatic heterocycles. The van der Waals surface area contributed by atoms with Gasteiger partial charge in [0, 0.05) is 29.7 Å². The van der Waals surface area contributed by atoms with E-state index >= 15 is 0 Å². The predicted octanol–water partition coefficient (Wildman–Crippen LogP) is 2.34. The fraction of sp³-hybridized carbons (Fsp3) is 0. The lowest BCUT2D eigenvalue weighted by Gasteiger charge is -2.03. The van der Waals surface area contributed by atoms with Crippen molar-refractivity contribution >= 4 is 5.57 Å². The van der Waals surface area contributed by atoms with E-state index in [9.17, 15) is 0 Å². The summed E-state index contributed by atoms with van der Waals surface area (Å²) in [5.74, 6) is 0. The van der Waals surface area contributed by atoms with E-state index in [1.165, 1.54) is 0 Å². The van der Waals surface area contributed by atoms with Crippen molar-refractivity contribution in [3.63, 3.8) is 0 Å². The first-order valence-electron chi connectivity index (χ1n) is 4.30. The highest BCUT2D eigenvalue weighted by atomic mass is 14.6. The Bertz CT molecular complexity index is 379. The van der Waals surface area contributed by atoms with E-state index in [1.54, 1.807) is 18.6 Å². The third-order valence-corrected chi connectivity index (χ3v) is 1.94. The van der Waals surface area contributed by atoms with Gasteiger partial charge in [-0.3, -0.25) is 9.97 Å². The third kappa shape index (κ3) is 1.69. The lowest BCUT2D eigenvalue weighted by molar-refractivity contribution is 1.28. The smallest absolute Gasteiger partial charge is 0.0970 e. The van der Waals surface area contributed by atoms with Crippen molar-refractivity contribution in [3.05, 3.63) is 66.8 Å². The van der Waals surface area contributed by atoms with E-state index in [2.05, 4.69) is 22.7 Å². The maximum absolute atomic E-state index is 4.04. The van der Waals surface area contributed by atoms with Gasteiger partial charge in [-0.15, -0.1) is 0 Å². The zero-order chi connectivity index (χ0) is 9.80. The van der Waals surface area contributed by atoms with Crippen LogP contribution in [0.1, 0.15) is 11.1 Å². The minimum Gasteiger partial charge on any atom is -0.264 e. The molecule has 1 radical (unpaired) electrons. The van der Waals surface area contributed by atoms with E-state index in [1.807, 2.05) is 24.3 Å².